The van der Waals surface area contributed by atoms with Crippen molar-refractivity contribution in [1.82, 2.24) is 0 Å². The highest BCUT2D eigenvalue weighted by Crippen LogP contribution is 2.17. The van der Waals surface area contributed by atoms with Crippen LogP contribution in [0.15, 0.2) is 0 Å². The lowest BCUT2D eigenvalue weighted by atomic mass is 9.90. The summed E-state index contributed by atoms with van der Waals surface area (Å²) in [5.41, 5.74) is 0. The maximum absolute atomic E-state index is 11.5. The van der Waals surface area contributed by atoms with E-state index < -0.39 is 23.5 Å². The van der Waals surface area contributed by atoms with Crippen molar-refractivity contribution in [1.29, 1.82) is 0 Å². The summed E-state index contributed by atoms with van der Waals surface area (Å²) in [5.74, 6) is -4.04. The maximum Gasteiger partial charge on any atom is 0.380 e. The number of carboxylic acids is 1. The normalized spacial score (nSPS) is 12.1. The Morgan fingerprint density at radius 2 is 1.62 bits per heavy atom. The molecule has 0 saturated heterocycles. The van der Waals surface area contributed by atoms with E-state index in [4.69, 9.17) is 5.11 Å². The van der Waals surface area contributed by atoms with Crippen molar-refractivity contribution < 1.29 is 19.5 Å². The molecule has 0 aliphatic heterocycles. The molecule has 4 heteroatoms. The molecule has 4 nitrogen and oxygen atoms in total. The second-order valence-corrected chi connectivity index (χ2v) is 3.98. The number of carboxylic acid groups (broad SMARTS) is 1. The average molecular weight is 228 g/mol. The smallest absolute Gasteiger partial charge is 0.380 e. The first-order valence-electron chi connectivity index (χ1n) is 5.86. The van der Waals surface area contributed by atoms with Gasteiger partial charge in [0.1, 0.15) is 0 Å². The zero-order valence-corrected chi connectivity index (χ0v) is 9.99. The molecule has 0 amide bonds. The Morgan fingerprint density at radius 3 is 2.06 bits per heavy atom. The summed E-state index contributed by atoms with van der Waals surface area (Å²) in [5, 5.41) is 8.47. The molecule has 92 valence electrons. The van der Waals surface area contributed by atoms with Crippen molar-refractivity contribution in [2.45, 2.75) is 52.4 Å². The Kier molecular flexibility index (Phi) is 7.42. The molecule has 0 radical (unpaired) electrons. The van der Waals surface area contributed by atoms with E-state index in [0.29, 0.717) is 12.8 Å². The van der Waals surface area contributed by atoms with Crippen LogP contribution < -0.4 is 0 Å². The summed E-state index contributed by atoms with van der Waals surface area (Å²) in [7, 11) is 0. The number of ketones is 2. The first kappa shape index (κ1) is 14.8. The summed E-state index contributed by atoms with van der Waals surface area (Å²) in [4.78, 5) is 33.0. The first-order chi connectivity index (χ1) is 7.54. The van der Waals surface area contributed by atoms with Crippen LogP contribution in [0.5, 0.6) is 0 Å². The zero-order chi connectivity index (χ0) is 12.6. The lowest BCUT2D eigenvalue weighted by Crippen LogP contribution is -2.30. The molecule has 1 N–H and O–H groups in total. The van der Waals surface area contributed by atoms with Gasteiger partial charge >= 0.3 is 11.8 Å². The third kappa shape index (κ3) is 5.05. The largest absolute Gasteiger partial charge is 0.475 e. The molecule has 0 fully saturated rings. The van der Waals surface area contributed by atoms with Crippen molar-refractivity contribution in [3.05, 3.63) is 0 Å². The monoisotopic (exact) mass is 228 g/mol. The van der Waals surface area contributed by atoms with Crippen molar-refractivity contribution in [2.24, 2.45) is 5.92 Å². The number of rotatable bonds is 9. The SMILES string of the molecule is CCCCCC(CCC)C(=O)C(=O)C(=O)O. The number of hydrogen-bond acceptors (Lipinski definition) is 3. The highest BCUT2D eigenvalue weighted by Gasteiger charge is 2.28. The van der Waals surface area contributed by atoms with Crippen molar-refractivity contribution in [3.63, 3.8) is 0 Å². The summed E-state index contributed by atoms with van der Waals surface area (Å²) in [6.45, 7) is 3.98. The molecule has 1 unspecified atom stereocenters. The van der Waals surface area contributed by atoms with E-state index in [1.165, 1.54) is 0 Å². The number of unbranched alkanes of at least 4 members (excludes halogenated alkanes) is 2. The number of hydrogen-bond donors (Lipinski definition) is 1. The van der Waals surface area contributed by atoms with Gasteiger partial charge in [0, 0.05) is 5.92 Å². The molecule has 0 saturated carbocycles. The fraction of sp³-hybridized carbons (Fsp3) is 0.750. The summed E-state index contributed by atoms with van der Waals surface area (Å²) in [6, 6.07) is 0. The Labute approximate surface area is 96.0 Å². The Bertz CT molecular complexity index is 258. The number of aliphatic carboxylic acids is 1. The lowest BCUT2D eigenvalue weighted by Gasteiger charge is -2.12. The third-order valence-electron chi connectivity index (χ3n) is 2.58. The molecule has 0 aliphatic carbocycles. The maximum atomic E-state index is 11.5. The van der Waals surface area contributed by atoms with E-state index >= 15 is 0 Å². The minimum absolute atomic E-state index is 0.403. The number of Topliss-reactive ketones (excluding diaryl/α,β-unsaturated/α-hetero) is 2. The molecule has 0 bridgehead atoms. The van der Waals surface area contributed by atoms with Crippen LogP contribution in [-0.4, -0.2) is 22.6 Å². The van der Waals surface area contributed by atoms with Gasteiger partial charge in [-0.25, -0.2) is 4.79 Å². The van der Waals surface area contributed by atoms with Gasteiger partial charge in [-0.15, -0.1) is 0 Å². The predicted molar refractivity (Wildman–Crippen MR) is 60.2 cm³/mol. The van der Waals surface area contributed by atoms with Crippen LogP contribution in [0.1, 0.15) is 52.4 Å². The Morgan fingerprint density at radius 1 is 1.00 bits per heavy atom. The van der Waals surface area contributed by atoms with Crippen LogP contribution in [0.4, 0.5) is 0 Å². The summed E-state index contributed by atoms with van der Waals surface area (Å²) in [6.07, 6.45) is 4.94. The molecule has 16 heavy (non-hydrogen) atoms. The van der Waals surface area contributed by atoms with E-state index in [2.05, 4.69) is 6.92 Å². The first-order valence-corrected chi connectivity index (χ1v) is 5.86. The topological polar surface area (TPSA) is 71.4 Å². The molecule has 0 spiro atoms. The Hall–Kier alpha value is -1.19. The van der Waals surface area contributed by atoms with Crippen molar-refractivity contribution in [3.8, 4) is 0 Å². The highest BCUT2D eigenvalue weighted by molar-refractivity contribution is 6.62. The molecule has 0 aromatic heterocycles. The van der Waals surface area contributed by atoms with Crippen LogP contribution in [-0.2, 0) is 14.4 Å². The molecule has 0 rings (SSSR count). The number of carbonyl (C=O) groups is 3. The van der Waals surface area contributed by atoms with Crippen molar-refractivity contribution >= 4 is 17.5 Å². The molecular weight excluding hydrogens is 208 g/mol. The predicted octanol–water partition coefficient (Wildman–Crippen LogP) is 2.21. The fourth-order valence-corrected chi connectivity index (χ4v) is 1.69. The molecule has 0 aromatic carbocycles. The molecule has 0 heterocycles. The molecular formula is C12H20O4. The minimum atomic E-state index is -1.64. The molecule has 0 aliphatic rings. The van der Waals surface area contributed by atoms with Gasteiger partial charge < -0.3 is 5.11 Å². The van der Waals surface area contributed by atoms with Gasteiger partial charge in [-0.3, -0.25) is 9.59 Å². The summed E-state index contributed by atoms with van der Waals surface area (Å²) < 4.78 is 0. The standard InChI is InChI=1S/C12H20O4/c1-3-5-6-8-9(7-4-2)10(13)11(14)12(15)16/h9H,3-8H2,1-2H3,(H,15,16). The fourth-order valence-electron chi connectivity index (χ4n) is 1.69. The molecule has 0 aromatic rings. The van der Waals surface area contributed by atoms with Gasteiger partial charge in [0.15, 0.2) is 0 Å². The van der Waals surface area contributed by atoms with E-state index in [1.807, 2.05) is 6.92 Å². The lowest BCUT2D eigenvalue weighted by molar-refractivity contribution is -0.154. The quantitative estimate of drug-likeness (QED) is 0.373. The van der Waals surface area contributed by atoms with Crippen LogP contribution in [0.3, 0.4) is 0 Å². The van der Waals surface area contributed by atoms with E-state index in [1.54, 1.807) is 0 Å². The van der Waals surface area contributed by atoms with E-state index in [0.717, 1.165) is 25.7 Å². The Balaban J connectivity index is 4.34. The second kappa shape index (κ2) is 8.02. The van der Waals surface area contributed by atoms with Gasteiger partial charge in [-0.1, -0.05) is 39.5 Å². The van der Waals surface area contributed by atoms with E-state index in [-0.39, 0.29) is 0 Å². The van der Waals surface area contributed by atoms with Crippen LogP contribution >= 0.6 is 0 Å². The highest BCUT2D eigenvalue weighted by atomic mass is 16.4. The number of carbonyl (C=O) groups excluding carboxylic acids is 2. The van der Waals surface area contributed by atoms with Crippen molar-refractivity contribution in [2.75, 3.05) is 0 Å². The van der Waals surface area contributed by atoms with Crippen LogP contribution in [0, 0.1) is 5.92 Å². The van der Waals surface area contributed by atoms with Gasteiger partial charge in [0.2, 0.25) is 5.78 Å². The van der Waals surface area contributed by atoms with Gasteiger partial charge in [-0.2, -0.15) is 0 Å². The minimum Gasteiger partial charge on any atom is -0.475 e. The molecule has 1 atom stereocenters. The van der Waals surface area contributed by atoms with Gasteiger partial charge in [-0.05, 0) is 12.8 Å². The third-order valence-corrected chi connectivity index (χ3v) is 2.58. The average Bonchev–Trinajstić information content (AvgIpc) is 2.26. The van der Waals surface area contributed by atoms with E-state index in [9.17, 15) is 14.4 Å². The zero-order valence-electron chi connectivity index (χ0n) is 9.99. The van der Waals surface area contributed by atoms with Crippen LogP contribution in [0.2, 0.25) is 0 Å². The van der Waals surface area contributed by atoms with Crippen LogP contribution in [0.25, 0.3) is 0 Å². The summed E-state index contributed by atoms with van der Waals surface area (Å²) >= 11 is 0. The van der Waals surface area contributed by atoms with Gasteiger partial charge in [0.05, 0.1) is 0 Å². The second-order valence-electron chi connectivity index (χ2n) is 3.98. The van der Waals surface area contributed by atoms with Gasteiger partial charge in [0.25, 0.3) is 0 Å².